The fourth-order valence-corrected chi connectivity index (χ4v) is 4.40. The minimum absolute atomic E-state index is 0.0758. The van der Waals surface area contributed by atoms with E-state index >= 15 is 0 Å². The van der Waals surface area contributed by atoms with E-state index in [0.29, 0.717) is 19.5 Å². The van der Waals surface area contributed by atoms with Gasteiger partial charge in [0.15, 0.2) is 0 Å². The molecule has 0 aliphatic carbocycles. The van der Waals surface area contributed by atoms with E-state index in [-0.39, 0.29) is 11.8 Å². The summed E-state index contributed by atoms with van der Waals surface area (Å²) in [6.45, 7) is 4.55. The minimum atomic E-state index is -0.471. The average Bonchev–Trinajstić information content (AvgIpc) is 3.06. The van der Waals surface area contributed by atoms with Gasteiger partial charge in [0.05, 0.1) is 0 Å². The molecule has 1 saturated heterocycles. The molecular weight excluding hydrogens is 376 g/mol. The van der Waals surface area contributed by atoms with Gasteiger partial charge in [-0.3, -0.25) is 9.59 Å². The van der Waals surface area contributed by atoms with Gasteiger partial charge in [-0.05, 0) is 35.6 Å². The van der Waals surface area contributed by atoms with Crippen LogP contribution in [0.15, 0.2) is 42.6 Å². The van der Waals surface area contributed by atoms with E-state index < -0.39 is 6.04 Å². The molecule has 1 N–H and O–H groups in total. The second kappa shape index (κ2) is 9.28. The van der Waals surface area contributed by atoms with E-state index in [2.05, 4.69) is 15.2 Å². The molecule has 3 heterocycles. The Hall–Kier alpha value is -2.89. The number of nitrogens with one attached hydrogen (secondary N) is 1. The summed E-state index contributed by atoms with van der Waals surface area (Å²) in [6, 6.07) is 11.6. The highest BCUT2D eigenvalue weighted by Gasteiger charge is 2.32. The first-order valence-electron chi connectivity index (χ1n) is 10.9. The number of rotatable bonds is 4. The molecule has 0 bridgehead atoms. The van der Waals surface area contributed by atoms with E-state index in [4.69, 9.17) is 0 Å². The number of hydrogen-bond acceptors (Lipinski definition) is 4. The number of benzene rings is 1. The lowest BCUT2D eigenvalue weighted by Gasteiger charge is -2.35. The molecule has 1 aromatic heterocycles. The molecule has 0 radical (unpaired) electrons. The van der Waals surface area contributed by atoms with Gasteiger partial charge in [0.25, 0.3) is 0 Å². The quantitative estimate of drug-likeness (QED) is 0.848. The molecule has 2 aliphatic heterocycles. The fourth-order valence-electron chi connectivity index (χ4n) is 4.40. The first-order chi connectivity index (χ1) is 14.6. The largest absolute Gasteiger partial charge is 0.357 e. The molecule has 30 heavy (non-hydrogen) atoms. The zero-order valence-electron chi connectivity index (χ0n) is 17.6. The van der Waals surface area contributed by atoms with Crippen LogP contribution in [-0.4, -0.2) is 40.8 Å². The predicted octanol–water partition coefficient (Wildman–Crippen LogP) is 3.05. The molecule has 6 heteroatoms. The molecule has 158 valence electrons. The SMILES string of the molecule is CC(=O)N1Cc2ccccc2C[C@H]1C(=O)NCc1ccc(N2CCCCCC2)nc1. The smallest absolute Gasteiger partial charge is 0.243 e. The molecule has 0 saturated carbocycles. The van der Waals surface area contributed by atoms with Crippen LogP contribution < -0.4 is 10.2 Å². The van der Waals surface area contributed by atoms with Gasteiger partial charge in [-0.25, -0.2) is 4.98 Å². The normalized spacial score (nSPS) is 19.0. The number of pyridine rings is 1. The van der Waals surface area contributed by atoms with Crippen molar-refractivity contribution >= 4 is 17.6 Å². The lowest BCUT2D eigenvalue weighted by molar-refractivity contribution is -0.140. The molecule has 2 aliphatic rings. The Morgan fingerprint density at radius 2 is 1.77 bits per heavy atom. The maximum absolute atomic E-state index is 12.9. The van der Waals surface area contributed by atoms with Gasteiger partial charge in [-0.1, -0.05) is 43.2 Å². The third-order valence-corrected chi connectivity index (χ3v) is 6.16. The summed E-state index contributed by atoms with van der Waals surface area (Å²) in [4.78, 5) is 33.7. The monoisotopic (exact) mass is 406 g/mol. The Kier molecular flexibility index (Phi) is 6.31. The van der Waals surface area contributed by atoms with Crippen LogP contribution >= 0.6 is 0 Å². The second-order valence-corrected chi connectivity index (χ2v) is 8.28. The van der Waals surface area contributed by atoms with Crippen molar-refractivity contribution in [3.05, 3.63) is 59.3 Å². The Morgan fingerprint density at radius 3 is 2.43 bits per heavy atom. The zero-order chi connectivity index (χ0) is 20.9. The molecule has 2 aromatic rings. The number of amides is 2. The van der Waals surface area contributed by atoms with Crippen LogP contribution in [0.1, 0.15) is 49.3 Å². The molecule has 2 amide bonds. The van der Waals surface area contributed by atoms with Gasteiger partial charge in [-0.2, -0.15) is 0 Å². The van der Waals surface area contributed by atoms with E-state index in [0.717, 1.165) is 35.6 Å². The number of anilines is 1. The van der Waals surface area contributed by atoms with Crippen LogP contribution in [0.5, 0.6) is 0 Å². The van der Waals surface area contributed by atoms with E-state index in [9.17, 15) is 9.59 Å². The van der Waals surface area contributed by atoms with Crippen LogP contribution in [0.25, 0.3) is 0 Å². The first-order valence-corrected chi connectivity index (χ1v) is 10.9. The van der Waals surface area contributed by atoms with Gasteiger partial charge in [0, 0.05) is 45.7 Å². The zero-order valence-corrected chi connectivity index (χ0v) is 17.6. The lowest BCUT2D eigenvalue weighted by Crippen LogP contribution is -2.51. The lowest BCUT2D eigenvalue weighted by atomic mass is 9.93. The number of nitrogens with zero attached hydrogens (tertiary/aromatic N) is 3. The van der Waals surface area contributed by atoms with Gasteiger partial charge in [0.1, 0.15) is 11.9 Å². The fraction of sp³-hybridized carbons (Fsp3) is 0.458. The summed E-state index contributed by atoms with van der Waals surface area (Å²) in [6.07, 6.45) is 7.42. The van der Waals surface area contributed by atoms with Crippen molar-refractivity contribution in [3.8, 4) is 0 Å². The second-order valence-electron chi connectivity index (χ2n) is 8.28. The summed E-state index contributed by atoms with van der Waals surface area (Å²) in [5.41, 5.74) is 3.22. The van der Waals surface area contributed by atoms with E-state index in [1.165, 1.54) is 32.6 Å². The molecular formula is C24H30N4O2. The maximum atomic E-state index is 12.9. The van der Waals surface area contributed by atoms with Gasteiger partial charge in [0.2, 0.25) is 11.8 Å². The number of carbonyl (C=O) groups is 2. The maximum Gasteiger partial charge on any atom is 0.243 e. The molecule has 1 fully saturated rings. The van der Waals surface area contributed by atoms with Crippen molar-refractivity contribution in [2.24, 2.45) is 0 Å². The topological polar surface area (TPSA) is 65.5 Å². The number of hydrogen-bond donors (Lipinski definition) is 1. The molecule has 0 spiro atoms. The van der Waals surface area contributed by atoms with Gasteiger partial charge >= 0.3 is 0 Å². The van der Waals surface area contributed by atoms with Gasteiger partial charge in [-0.15, -0.1) is 0 Å². The summed E-state index contributed by atoms with van der Waals surface area (Å²) in [7, 11) is 0. The molecule has 6 nitrogen and oxygen atoms in total. The van der Waals surface area contributed by atoms with Crippen LogP contribution in [0.3, 0.4) is 0 Å². The van der Waals surface area contributed by atoms with Crippen LogP contribution in [-0.2, 0) is 29.1 Å². The third kappa shape index (κ3) is 4.64. The number of aromatic nitrogens is 1. The van der Waals surface area contributed by atoms with Crippen LogP contribution in [0, 0.1) is 0 Å². The van der Waals surface area contributed by atoms with Crippen LogP contribution in [0.2, 0.25) is 0 Å². The van der Waals surface area contributed by atoms with Crippen molar-refractivity contribution in [1.82, 2.24) is 15.2 Å². The van der Waals surface area contributed by atoms with Crippen LogP contribution in [0.4, 0.5) is 5.82 Å². The number of carbonyl (C=O) groups excluding carboxylic acids is 2. The molecule has 1 aromatic carbocycles. The Labute approximate surface area is 178 Å². The average molecular weight is 407 g/mol. The van der Waals surface area contributed by atoms with Crippen molar-refractivity contribution < 1.29 is 9.59 Å². The van der Waals surface area contributed by atoms with Gasteiger partial charge < -0.3 is 15.1 Å². The summed E-state index contributed by atoms with van der Waals surface area (Å²) in [5.74, 6) is 0.822. The van der Waals surface area contributed by atoms with Crippen molar-refractivity contribution in [2.75, 3.05) is 18.0 Å². The van der Waals surface area contributed by atoms with Crippen molar-refractivity contribution in [3.63, 3.8) is 0 Å². The summed E-state index contributed by atoms with van der Waals surface area (Å²) < 4.78 is 0. The van der Waals surface area contributed by atoms with Crippen molar-refractivity contribution in [2.45, 2.75) is 58.2 Å². The van der Waals surface area contributed by atoms with E-state index in [1.807, 2.05) is 42.6 Å². The number of fused-ring (bicyclic) bond motifs is 1. The highest BCUT2D eigenvalue weighted by atomic mass is 16.2. The molecule has 4 rings (SSSR count). The predicted molar refractivity (Wildman–Crippen MR) is 117 cm³/mol. The summed E-state index contributed by atoms with van der Waals surface area (Å²) >= 11 is 0. The minimum Gasteiger partial charge on any atom is -0.357 e. The third-order valence-electron chi connectivity index (χ3n) is 6.16. The first kappa shape index (κ1) is 20.4. The highest BCUT2D eigenvalue weighted by Crippen LogP contribution is 2.24. The van der Waals surface area contributed by atoms with Crippen molar-refractivity contribution in [1.29, 1.82) is 0 Å². The Morgan fingerprint density at radius 1 is 1.03 bits per heavy atom. The standard InChI is InChI=1S/C24H30N4O2/c1-18(29)28-17-21-9-5-4-8-20(21)14-22(28)24(30)26-16-19-10-11-23(25-15-19)27-12-6-2-3-7-13-27/h4-5,8-11,15,22H,2-3,6-7,12-14,16-17H2,1H3,(H,26,30)/t22-/m0/s1. The summed E-state index contributed by atoms with van der Waals surface area (Å²) in [5, 5.41) is 3.01. The Bertz CT molecular complexity index is 888. The highest BCUT2D eigenvalue weighted by molar-refractivity contribution is 5.87. The Balaban J connectivity index is 1.38. The van der Waals surface area contributed by atoms with E-state index in [1.54, 1.807) is 4.90 Å². The molecule has 1 atom stereocenters. The molecule has 0 unspecified atom stereocenters.